The molecule has 2 aromatic carbocycles. The molecule has 0 amide bonds. The summed E-state index contributed by atoms with van der Waals surface area (Å²) in [5, 5.41) is 18.3. The summed E-state index contributed by atoms with van der Waals surface area (Å²) in [7, 11) is 0. The van der Waals surface area contributed by atoms with Gasteiger partial charge in [-0.05, 0) is 76.6 Å². The van der Waals surface area contributed by atoms with Crippen molar-refractivity contribution in [3.05, 3.63) is 70.4 Å². The molecule has 0 atom stereocenters. The van der Waals surface area contributed by atoms with Gasteiger partial charge in [0.15, 0.2) is 5.78 Å². The second-order valence-electron chi connectivity index (χ2n) is 14.2. The zero-order valence-electron chi connectivity index (χ0n) is 29.8. The van der Waals surface area contributed by atoms with Crippen molar-refractivity contribution >= 4 is 80.3 Å². The van der Waals surface area contributed by atoms with Crippen molar-refractivity contribution in [1.29, 1.82) is 0 Å². The molecule has 4 heterocycles. The minimum Gasteiger partial charge on any atom is -0.512 e. The van der Waals surface area contributed by atoms with E-state index in [1.165, 1.54) is 47.5 Å². The molecule has 0 bridgehead atoms. The summed E-state index contributed by atoms with van der Waals surface area (Å²) in [6.45, 7) is 21.1. The van der Waals surface area contributed by atoms with Gasteiger partial charge in [-0.2, -0.15) is 11.3 Å². The van der Waals surface area contributed by atoms with E-state index in [9.17, 15) is 9.90 Å². The number of nitrogens with zero attached hydrogens (tertiary/aromatic N) is 2. The summed E-state index contributed by atoms with van der Waals surface area (Å²) < 4.78 is 5.06. The number of aliphatic hydroxyl groups is 1. The summed E-state index contributed by atoms with van der Waals surface area (Å²) in [5.41, 5.74) is 5.24. The molecule has 0 aliphatic rings. The minimum absolute atomic E-state index is 0. The number of carbonyl (C=O) groups excluding carboxylic acids is 1. The average molecular weight is 876 g/mol. The predicted octanol–water partition coefficient (Wildman–Crippen LogP) is 13.0. The molecule has 0 saturated carbocycles. The Balaban J connectivity index is 0.000000251. The number of rotatable bonds is 8. The molecule has 0 aliphatic carbocycles. The number of hydrogen-bond acceptors (Lipinski definition) is 7. The van der Waals surface area contributed by atoms with Crippen molar-refractivity contribution < 1.29 is 30.0 Å². The second kappa shape index (κ2) is 14.8. The van der Waals surface area contributed by atoms with Crippen LogP contribution in [0.2, 0.25) is 0 Å². The first-order valence-electron chi connectivity index (χ1n) is 16.6. The monoisotopic (exact) mass is 876 g/mol. The molecule has 257 valence electrons. The first-order chi connectivity index (χ1) is 22.2. The normalized spacial score (nSPS) is 12.8. The van der Waals surface area contributed by atoms with Crippen LogP contribution in [-0.4, -0.2) is 20.9 Å². The molecule has 0 aliphatic heterocycles. The van der Waals surface area contributed by atoms with Crippen LogP contribution in [0, 0.1) is 23.8 Å². The van der Waals surface area contributed by atoms with Crippen LogP contribution in [0.3, 0.4) is 0 Å². The minimum atomic E-state index is -0.337. The van der Waals surface area contributed by atoms with Crippen LogP contribution in [0.15, 0.2) is 53.2 Å². The third-order valence-electron chi connectivity index (χ3n) is 10.3. The Morgan fingerprint density at radius 2 is 1.52 bits per heavy atom. The summed E-state index contributed by atoms with van der Waals surface area (Å²) in [6.07, 6.45) is 6.46. The fourth-order valence-corrected chi connectivity index (χ4v) is 9.01. The van der Waals surface area contributed by atoms with Crippen molar-refractivity contribution in [2.45, 2.75) is 100 Å². The maximum Gasteiger partial charge on any atom is 0.164 e. The Labute approximate surface area is 311 Å². The van der Waals surface area contributed by atoms with Crippen LogP contribution >= 0.6 is 34.0 Å². The topological polar surface area (TPSA) is 63.1 Å². The molecule has 8 heteroatoms. The van der Waals surface area contributed by atoms with Gasteiger partial charge in [-0.1, -0.05) is 73.4 Å². The van der Waals surface area contributed by atoms with E-state index in [0.717, 1.165) is 47.2 Å². The molecule has 6 rings (SSSR count). The van der Waals surface area contributed by atoms with Gasteiger partial charge in [-0.25, -0.2) is 4.98 Å². The molecule has 0 fully saturated rings. The van der Waals surface area contributed by atoms with Gasteiger partial charge >= 0.3 is 0 Å². The number of thiophene rings is 3. The van der Waals surface area contributed by atoms with Crippen molar-refractivity contribution in [2.24, 2.45) is 10.8 Å². The zero-order valence-corrected chi connectivity index (χ0v) is 34.6. The van der Waals surface area contributed by atoms with E-state index in [2.05, 4.69) is 73.8 Å². The summed E-state index contributed by atoms with van der Waals surface area (Å²) in [6, 6.07) is 12.7. The largest absolute Gasteiger partial charge is 0.512 e. The number of aryl methyl sites for hydroxylation is 1. The molecule has 0 unspecified atom stereocenters. The summed E-state index contributed by atoms with van der Waals surface area (Å²) in [4.78, 5) is 21.6. The van der Waals surface area contributed by atoms with E-state index in [4.69, 9.17) is 4.98 Å². The number of carbonyl (C=O) groups is 1. The second-order valence-corrected chi connectivity index (χ2v) is 17.1. The van der Waals surface area contributed by atoms with Gasteiger partial charge in [0.1, 0.15) is 12.1 Å². The average Bonchev–Trinajstić information content (AvgIpc) is 3.78. The molecular formula is C40H47IrN2O2S3-. The molecule has 1 N–H and O–H groups in total. The van der Waals surface area contributed by atoms with E-state index in [1.54, 1.807) is 40.3 Å². The predicted molar refractivity (Wildman–Crippen MR) is 206 cm³/mol. The first kappa shape index (κ1) is 38.3. The van der Waals surface area contributed by atoms with Crippen LogP contribution in [-0.2, 0) is 30.3 Å². The van der Waals surface area contributed by atoms with Gasteiger partial charge in [-0.3, -0.25) is 9.78 Å². The van der Waals surface area contributed by atoms with Crippen LogP contribution in [0.25, 0.3) is 51.7 Å². The number of hydrogen-bond donors (Lipinski definition) is 1. The Kier molecular flexibility index (Phi) is 11.8. The molecule has 48 heavy (non-hydrogen) atoms. The molecule has 0 saturated heterocycles. The van der Waals surface area contributed by atoms with Crippen LogP contribution < -0.4 is 0 Å². The number of allylic oxidation sites excluding steroid dienone is 2. The molecule has 1 radical (unpaired) electrons. The van der Waals surface area contributed by atoms with Gasteiger partial charge in [0.2, 0.25) is 0 Å². The maximum absolute atomic E-state index is 12.2. The van der Waals surface area contributed by atoms with E-state index in [-0.39, 0.29) is 47.9 Å². The zero-order chi connectivity index (χ0) is 34.3. The van der Waals surface area contributed by atoms with Crippen molar-refractivity contribution in [1.82, 2.24) is 9.97 Å². The molecular weight excluding hydrogens is 829 g/mol. The van der Waals surface area contributed by atoms with Crippen molar-refractivity contribution in [3.63, 3.8) is 0 Å². The SMILES string of the molecule is CCC(C)(CC)C(=O)/C=C(\O)C(C)(CC)CC.Cc1csc2cc3c(cc12)sc1c(-c2[c-]c4ccsc4c(C(C)(C)C)c2)ncnc13.[Ir]. The maximum atomic E-state index is 12.2. The standard InChI is InChI=1S/C25H19N2S3.C15H28O2.Ir/c1-13-11-29-19-10-17-20(9-16(13)19)30-24-21(26-12-27-22(17)24)15-7-14-5-6-28-23(14)18(8-15)25(2,3)4;1-7-14(5,8-2)12(16)11-13(17)15(6,9-3)10-4;/h5-6,8-12H,1-4H3;11,16H,7-10H2,1-6H3;/q-1;;/b;12-11-;. The van der Waals surface area contributed by atoms with Crippen molar-refractivity contribution in [3.8, 4) is 11.3 Å². The third-order valence-corrected chi connectivity index (χ3v) is 13.4. The first-order valence-corrected chi connectivity index (χ1v) is 19.2. The van der Waals surface area contributed by atoms with Gasteiger partial charge in [0, 0.05) is 62.2 Å². The quantitative estimate of drug-likeness (QED) is 0.0940. The number of aromatic nitrogens is 2. The number of aliphatic hydroxyl groups excluding tert-OH is 1. The summed E-state index contributed by atoms with van der Waals surface area (Å²) in [5.74, 6) is 0.286. The van der Waals surface area contributed by atoms with Gasteiger partial charge in [-0.15, -0.1) is 46.3 Å². The Bertz CT molecular complexity index is 2100. The van der Waals surface area contributed by atoms with Gasteiger partial charge in [0.05, 0.1) is 5.52 Å². The van der Waals surface area contributed by atoms with Crippen molar-refractivity contribution in [2.75, 3.05) is 0 Å². The Morgan fingerprint density at radius 3 is 2.15 bits per heavy atom. The Morgan fingerprint density at radius 1 is 0.875 bits per heavy atom. The van der Waals surface area contributed by atoms with E-state index in [0.29, 0.717) is 0 Å². The van der Waals surface area contributed by atoms with Crippen LogP contribution in [0.1, 0.15) is 99.1 Å². The fraction of sp³-hybridized carbons (Fsp3) is 0.425. The molecule has 4 aromatic heterocycles. The van der Waals surface area contributed by atoms with Gasteiger partial charge < -0.3 is 5.11 Å². The smallest absolute Gasteiger partial charge is 0.164 e. The third kappa shape index (κ3) is 7.20. The van der Waals surface area contributed by atoms with E-state index >= 15 is 0 Å². The van der Waals surface area contributed by atoms with Crippen LogP contribution in [0.4, 0.5) is 0 Å². The van der Waals surface area contributed by atoms with E-state index in [1.807, 2.05) is 41.5 Å². The number of ketones is 1. The summed E-state index contributed by atoms with van der Waals surface area (Å²) >= 11 is 5.39. The molecule has 4 nitrogen and oxygen atoms in total. The molecule has 6 aromatic rings. The number of benzene rings is 2. The Hall–Kier alpha value is -2.48. The van der Waals surface area contributed by atoms with Crippen LogP contribution in [0.5, 0.6) is 0 Å². The number of fused-ring (bicyclic) bond motifs is 5. The van der Waals surface area contributed by atoms with E-state index < -0.39 is 0 Å². The fourth-order valence-electron chi connectivity index (χ4n) is 5.79. The molecule has 0 spiro atoms. The van der Waals surface area contributed by atoms with Gasteiger partial charge in [0.25, 0.3) is 0 Å².